The van der Waals surface area contributed by atoms with Crippen LogP contribution in [-0.2, 0) is 20.7 Å². The van der Waals surface area contributed by atoms with E-state index in [1.807, 2.05) is 89.5 Å². The number of nitrogens with zero attached hydrogens (tertiary/aromatic N) is 3. The van der Waals surface area contributed by atoms with Crippen molar-refractivity contribution in [1.29, 1.82) is 0 Å². The van der Waals surface area contributed by atoms with Gasteiger partial charge in [-0.3, -0.25) is 14.5 Å². The largest absolute Gasteiger partial charge is 0.465 e. The Bertz CT molecular complexity index is 1280. The molecule has 0 spiro atoms. The fourth-order valence-electron chi connectivity index (χ4n) is 4.60. The lowest BCUT2D eigenvalue weighted by Crippen LogP contribution is -2.50. The number of hydrogen-bond donors (Lipinski definition) is 0. The van der Waals surface area contributed by atoms with Crippen LogP contribution in [0.2, 0.25) is 0 Å². The summed E-state index contributed by atoms with van der Waals surface area (Å²) in [5, 5.41) is 0. The Morgan fingerprint density at radius 2 is 1.61 bits per heavy atom. The van der Waals surface area contributed by atoms with Crippen LogP contribution in [0.5, 0.6) is 0 Å². The van der Waals surface area contributed by atoms with Gasteiger partial charge in [-0.05, 0) is 36.6 Å². The summed E-state index contributed by atoms with van der Waals surface area (Å²) in [7, 11) is 0. The second-order valence-corrected chi connectivity index (χ2v) is 8.08. The van der Waals surface area contributed by atoms with E-state index >= 15 is 0 Å². The number of rotatable bonds is 6. The highest BCUT2D eigenvalue weighted by molar-refractivity contribution is 6.08. The number of fused-ring (bicyclic) bond motifs is 3. The number of para-hydroxylation sites is 2. The van der Waals surface area contributed by atoms with E-state index < -0.39 is 17.9 Å². The summed E-state index contributed by atoms with van der Waals surface area (Å²) in [4.78, 5) is 33.5. The Labute approximate surface area is 192 Å². The lowest BCUT2D eigenvalue weighted by Gasteiger charge is -2.38. The van der Waals surface area contributed by atoms with E-state index in [0.717, 1.165) is 22.2 Å². The molecule has 33 heavy (non-hydrogen) atoms. The topological polar surface area (TPSA) is 64.4 Å². The molecular formula is C27H25N3O3. The van der Waals surface area contributed by atoms with Crippen LogP contribution in [-0.4, -0.2) is 34.6 Å². The van der Waals surface area contributed by atoms with Crippen molar-refractivity contribution in [2.75, 3.05) is 18.1 Å². The molecule has 0 fully saturated rings. The van der Waals surface area contributed by atoms with Crippen LogP contribution in [0, 0.1) is 5.92 Å². The number of anilines is 1. The fourth-order valence-corrected chi connectivity index (χ4v) is 4.60. The van der Waals surface area contributed by atoms with Gasteiger partial charge in [-0.1, -0.05) is 72.8 Å². The van der Waals surface area contributed by atoms with Crippen LogP contribution in [0.15, 0.2) is 84.9 Å². The SMILES string of the molecule is CCOC(=O)[C@H]1C(=O)N(CCc2ccccc2)c2nc3ccccc3n2[C@H]1c1ccccc1. The lowest BCUT2D eigenvalue weighted by atomic mass is 9.89. The maximum Gasteiger partial charge on any atom is 0.321 e. The van der Waals surface area contributed by atoms with Crippen LogP contribution in [0.25, 0.3) is 11.0 Å². The van der Waals surface area contributed by atoms with E-state index in [2.05, 4.69) is 0 Å². The molecule has 166 valence electrons. The van der Waals surface area contributed by atoms with Crippen LogP contribution < -0.4 is 4.90 Å². The Kier molecular flexibility index (Phi) is 5.65. The van der Waals surface area contributed by atoms with E-state index in [0.29, 0.717) is 18.9 Å². The van der Waals surface area contributed by atoms with E-state index in [1.165, 1.54) is 0 Å². The third-order valence-corrected chi connectivity index (χ3v) is 6.09. The molecule has 2 heterocycles. The summed E-state index contributed by atoms with van der Waals surface area (Å²) in [5.41, 5.74) is 3.66. The molecule has 4 aromatic rings. The highest BCUT2D eigenvalue weighted by Crippen LogP contribution is 2.41. The van der Waals surface area contributed by atoms with Crippen molar-refractivity contribution in [3.05, 3.63) is 96.1 Å². The highest BCUT2D eigenvalue weighted by atomic mass is 16.5. The molecule has 0 N–H and O–H groups in total. The van der Waals surface area contributed by atoms with Gasteiger partial charge in [0.1, 0.15) is 0 Å². The molecule has 1 aromatic heterocycles. The summed E-state index contributed by atoms with van der Waals surface area (Å²) in [6.07, 6.45) is 0.654. The second kappa shape index (κ2) is 8.90. The van der Waals surface area contributed by atoms with Crippen LogP contribution in [0.4, 0.5) is 5.95 Å². The number of esters is 1. The van der Waals surface area contributed by atoms with Gasteiger partial charge in [0.25, 0.3) is 0 Å². The Morgan fingerprint density at radius 1 is 0.939 bits per heavy atom. The van der Waals surface area contributed by atoms with Crippen molar-refractivity contribution in [2.24, 2.45) is 5.92 Å². The molecule has 1 amide bonds. The van der Waals surface area contributed by atoms with Crippen molar-refractivity contribution in [1.82, 2.24) is 9.55 Å². The molecule has 1 aliphatic heterocycles. The zero-order valence-corrected chi connectivity index (χ0v) is 18.4. The van der Waals surface area contributed by atoms with Gasteiger partial charge in [0.05, 0.1) is 23.7 Å². The molecule has 1 aliphatic rings. The fraction of sp³-hybridized carbons (Fsp3) is 0.222. The number of imidazole rings is 1. The molecule has 2 atom stereocenters. The first-order valence-corrected chi connectivity index (χ1v) is 11.2. The van der Waals surface area contributed by atoms with Gasteiger partial charge in [-0.15, -0.1) is 0 Å². The third-order valence-electron chi connectivity index (χ3n) is 6.09. The smallest absolute Gasteiger partial charge is 0.321 e. The second-order valence-electron chi connectivity index (χ2n) is 8.08. The van der Waals surface area contributed by atoms with Gasteiger partial charge in [-0.2, -0.15) is 0 Å². The van der Waals surface area contributed by atoms with Crippen molar-refractivity contribution in [3.8, 4) is 0 Å². The van der Waals surface area contributed by atoms with Gasteiger partial charge in [0.2, 0.25) is 11.9 Å². The zero-order valence-electron chi connectivity index (χ0n) is 18.4. The molecule has 0 radical (unpaired) electrons. The van der Waals surface area contributed by atoms with Gasteiger partial charge >= 0.3 is 5.97 Å². The van der Waals surface area contributed by atoms with Crippen molar-refractivity contribution < 1.29 is 14.3 Å². The molecule has 0 saturated heterocycles. The number of hydrogen-bond acceptors (Lipinski definition) is 4. The first-order chi connectivity index (χ1) is 16.2. The van der Waals surface area contributed by atoms with E-state index in [4.69, 9.17) is 9.72 Å². The number of aromatic nitrogens is 2. The number of ether oxygens (including phenoxy) is 1. The summed E-state index contributed by atoms with van der Waals surface area (Å²) >= 11 is 0. The molecule has 0 saturated carbocycles. The Hall–Kier alpha value is -3.93. The van der Waals surface area contributed by atoms with Gasteiger partial charge in [0, 0.05) is 6.54 Å². The zero-order chi connectivity index (χ0) is 22.8. The molecule has 5 rings (SSSR count). The number of carbonyl (C=O) groups is 2. The minimum Gasteiger partial charge on any atom is -0.465 e. The molecular weight excluding hydrogens is 414 g/mol. The van der Waals surface area contributed by atoms with Crippen LogP contribution in [0.3, 0.4) is 0 Å². The normalized spacial score (nSPS) is 17.7. The van der Waals surface area contributed by atoms with Gasteiger partial charge in [-0.25, -0.2) is 4.98 Å². The van der Waals surface area contributed by atoms with E-state index in [1.54, 1.807) is 11.8 Å². The predicted octanol–water partition coefficient (Wildman–Crippen LogP) is 4.39. The lowest BCUT2D eigenvalue weighted by molar-refractivity contribution is -0.153. The molecule has 0 bridgehead atoms. The van der Waals surface area contributed by atoms with Gasteiger partial charge < -0.3 is 9.30 Å². The average molecular weight is 440 g/mol. The van der Waals surface area contributed by atoms with E-state index in [-0.39, 0.29) is 12.5 Å². The summed E-state index contributed by atoms with van der Waals surface area (Å²) in [6, 6.07) is 26.9. The number of carbonyl (C=O) groups excluding carboxylic acids is 2. The van der Waals surface area contributed by atoms with Crippen LogP contribution >= 0.6 is 0 Å². The third kappa shape index (κ3) is 3.78. The highest BCUT2D eigenvalue weighted by Gasteiger charge is 2.47. The van der Waals surface area contributed by atoms with E-state index in [9.17, 15) is 9.59 Å². The van der Waals surface area contributed by atoms with Crippen molar-refractivity contribution >= 4 is 28.9 Å². The van der Waals surface area contributed by atoms with Gasteiger partial charge in [0.15, 0.2) is 5.92 Å². The molecule has 0 unspecified atom stereocenters. The quantitative estimate of drug-likeness (QED) is 0.330. The predicted molar refractivity (Wildman–Crippen MR) is 127 cm³/mol. The Balaban J connectivity index is 1.67. The maximum absolute atomic E-state index is 13.9. The monoisotopic (exact) mass is 439 g/mol. The average Bonchev–Trinajstić information content (AvgIpc) is 3.23. The standard InChI is InChI=1S/C27H25N3O3/c1-2-33-26(32)23-24(20-13-7-4-8-14-20)30-22-16-10-9-15-21(22)28-27(30)29(25(23)31)18-17-19-11-5-3-6-12-19/h3-16,23-24H,2,17-18H2,1H3/t23-,24+/m1/s1. The number of amides is 1. The summed E-state index contributed by atoms with van der Waals surface area (Å²) < 4.78 is 7.42. The molecule has 6 nitrogen and oxygen atoms in total. The van der Waals surface area contributed by atoms with Crippen molar-refractivity contribution in [3.63, 3.8) is 0 Å². The number of benzene rings is 3. The minimum absolute atomic E-state index is 0.214. The first-order valence-electron chi connectivity index (χ1n) is 11.2. The first kappa shape index (κ1) is 20.9. The Morgan fingerprint density at radius 3 is 2.33 bits per heavy atom. The molecule has 0 aliphatic carbocycles. The summed E-state index contributed by atoms with van der Waals surface area (Å²) in [5.74, 6) is -1.22. The summed E-state index contributed by atoms with van der Waals surface area (Å²) in [6.45, 7) is 2.39. The van der Waals surface area contributed by atoms with Crippen LogP contribution in [0.1, 0.15) is 24.1 Å². The van der Waals surface area contributed by atoms with Crippen molar-refractivity contribution in [2.45, 2.75) is 19.4 Å². The molecule has 6 heteroatoms. The minimum atomic E-state index is -0.992. The molecule has 3 aromatic carbocycles. The maximum atomic E-state index is 13.9.